The molecule has 84 valence electrons. The van der Waals surface area contributed by atoms with Crippen molar-refractivity contribution in [2.75, 3.05) is 13.6 Å². The maximum absolute atomic E-state index is 11.7. The Bertz CT molecular complexity index is 375. The fraction of sp³-hybridized carbons (Fsp3) is 0.600. The van der Waals surface area contributed by atoms with Crippen LogP contribution in [-0.4, -0.2) is 23.1 Å². The van der Waals surface area contributed by atoms with Crippen molar-refractivity contribution >= 4 is 15.9 Å². The minimum Gasteiger partial charge on any atom is -0.320 e. The monoisotopic (exact) mass is 273 g/mol. The lowest BCUT2D eigenvalue weighted by Gasteiger charge is -2.06. The van der Waals surface area contributed by atoms with E-state index in [0.717, 1.165) is 31.6 Å². The summed E-state index contributed by atoms with van der Waals surface area (Å²) in [6.45, 7) is 3.53. The molecule has 5 heteroatoms. The summed E-state index contributed by atoms with van der Waals surface area (Å²) in [7, 11) is 1.93. The Labute approximate surface area is 97.8 Å². The first-order valence-electron chi connectivity index (χ1n) is 5.03. The van der Waals surface area contributed by atoms with Crippen molar-refractivity contribution < 1.29 is 0 Å². The average molecular weight is 274 g/mol. The van der Waals surface area contributed by atoms with Crippen LogP contribution < -0.4 is 10.9 Å². The van der Waals surface area contributed by atoms with Gasteiger partial charge in [0.25, 0.3) is 5.56 Å². The molecule has 0 aliphatic rings. The van der Waals surface area contributed by atoms with Crippen LogP contribution >= 0.6 is 15.9 Å². The number of aryl methyl sites for hydroxylation is 2. The van der Waals surface area contributed by atoms with Crippen molar-refractivity contribution in [2.24, 2.45) is 0 Å². The van der Waals surface area contributed by atoms with Crippen LogP contribution in [0.25, 0.3) is 0 Å². The van der Waals surface area contributed by atoms with E-state index in [1.165, 1.54) is 0 Å². The molecule has 0 aromatic carbocycles. The predicted molar refractivity (Wildman–Crippen MR) is 64.1 cm³/mol. The molecule has 0 atom stereocenters. The van der Waals surface area contributed by atoms with Crippen molar-refractivity contribution in [3.63, 3.8) is 0 Å². The van der Waals surface area contributed by atoms with Crippen molar-refractivity contribution in [3.8, 4) is 0 Å². The molecule has 4 nitrogen and oxygen atoms in total. The van der Waals surface area contributed by atoms with Gasteiger partial charge in [0.2, 0.25) is 0 Å². The third kappa shape index (κ3) is 3.43. The third-order valence-corrected chi connectivity index (χ3v) is 3.15. The number of rotatable bonds is 5. The zero-order chi connectivity index (χ0) is 11.3. The number of unbranched alkanes of at least 4 members (excludes halogenated alkanes) is 1. The smallest absolute Gasteiger partial charge is 0.267 e. The van der Waals surface area contributed by atoms with Gasteiger partial charge in [0, 0.05) is 6.54 Å². The molecule has 0 amide bonds. The van der Waals surface area contributed by atoms with E-state index in [4.69, 9.17) is 0 Å². The number of nitrogens with zero attached hydrogens (tertiary/aromatic N) is 2. The van der Waals surface area contributed by atoms with Gasteiger partial charge in [0.05, 0.1) is 12.0 Å². The van der Waals surface area contributed by atoms with Crippen LogP contribution in [0.2, 0.25) is 0 Å². The first-order chi connectivity index (χ1) is 7.16. The van der Waals surface area contributed by atoms with E-state index in [1.54, 1.807) is 10.9 Å². The quantitative estimate of drug-likeness (QED) is 0.824. The van der Waals surface area contributed by atoms with E-state index >= 15 is 0 Å². The molecular weight excluding hydrogens is 258 g/mol. The van der Waals surface area contributed by atoms with Crippen LogP contribution in [0.5, 0.6) is 0 Å². The zero-order valence-corrected chi connectivity index (χ0v) is 10.7. The molecule has 1 aromatic heterocycles. The Kier molecular flexibility index (Phi) is 4.98. The van der Waals surface area contributed by atoms with Gasteiger partial charge in [-0.15, -0.1) is 0 Å². The predicted octanol–water partition coefficient (Wildman–Crippen LogP) is 1.31. The van der Waals surface area contributed by atoms with Gasteiger partial charge in [-0.3, -0.25) is 9.36 Å². The van der Waals surface area contributed by atoms with Gasteiger partial charge >= 0.3 is 0 Å². The molecule has 0 bridgehead atoms. The maximum atomic E-state index is 11.7. The normalized spacial score (nSPS) is 10.6. The van der Waals surface area contributed by atoms with E-state index in [-0.39, 0.29) is 5.56 Å². The Morgan fingerprint density at radius 1 is 1.53 bits per heavy atom. The molecule has 0 saturated carbocycles. The summed E-state index contributed by atoms with van der Waals surface area (Å²) < 4.78 is 2.21. The minimum absolute atomic E-state index is 0.00644. The van der Waals surface area contributed by atoms with Crippen LogP contribution in [0.4, 0.5) is 0 Å². The highest BCUT2D eigenvalue weighted by atomic mass is 79.9. The molecule has 15 heavy (non-hydrogen) atoms. The number of aromatic nitrogens is 2. The summed E-state index contributed by atoms with van der Waals surface area (Å²) in [5, 5.41) is 3.08. The van der Waals surface area contributed by atoms with Crippen LogP contribution in [-0.2, 0) is 6.54 Å². The lowest BCUT2D eigenvalue weighted by Crippen LogP contribution is -2.22. The van der Waals surface area contributed by atoms with Crippen LogP contribution in [0.15, 0.2) is 15.6 Å². The van der Waals surface area contributed by atoms with Crippen LogP contribution in [0.3, 0.4) is 0 Å². The first-order valence-corrected chi connectivity index (χ1v) is 5.82. The van der Waals surface area contributed by atoms with Gasteiger partial charge in [0.1, 0.15) is 4.47 Å². The highest BCUT2D eigenvalue weighted by molar-refractivity contribution is 9.10. The number of nitrogens with one attached hydrogen (secondary N) is 1. The Morgan fingerprint density at radius 3 is 2.93 bits per heavy atom. The van der Waals surface area contributed by atoms with E-state index in [9.17, 15) is 4.79 Å². The second-order valence-electron chi connectivity index (χ2n) is 3.45. The molecule has 0 spiro atoms. The Morgan fingerprint density at radius 2 is 2.27 bits per heavy atom. The molecule has 0 unspecified atom stereocenters. The Balaban J connectivity index is 2.63. The highest BCUT2D eigenvalue weighted by Gasteiger charge is 2.04. The minimum atomic E-state index is 0.00644. The van der Waals surface area contributed by atoms with E-state index in [2.05, 4.69) is 26.2 Å². The summed E-state index contributed by atoms with van der Waals surface area (Å²) in [6, 6.07) is 0. The standard InChI is InChI=1S/C10H16BrN3O/c1-8-9(11)10(15)14(7-13-8)6-4-3-5-12-2/h7,12H,3-6H2,1-2H3. The van der Waals surface area contributed by atoms with E-state index in [1.807, 2.05) is 14.0 Å². The molecular formula is C10H16BrN3O. The fourth-order valence-corrected chi connectivity index (χ4v) is 1.62. The highest BCUT2D eigenvalue weighted by Crippen LogP contribution is 2.06. The SMILES string of the molecule is CNCCCCn1cnc(C)c(Br)c1=O. The molecule has 1 rings (SSSR count). The summed E-state index contributed by atoms with van der Waals surface area (Å²) in [4.78, 5) is 15.9. The van der Waals surface area contributed by atoms with Crippen LogP contribution in [0.1, 0.15) is 18.5 Å². The molecule has 0 fully saturated rings. The lowest BCUT2D eigenvalue weighted by molar-refractivity contribution is 0.568. The van der Waals surface area contributed by atoms with Crippen molar-refractivity contribution in [1.29, 1.82) is 0 Å². The van der Waals surface area contributed by atoms with Crippen molar-refractivity contribution in [2.45, 2.75) is 26.3 Å². The fourth-order valence-electron chi connectivity index (χ4n) is 1.29. The topological polar surface area (TPSA) is 46.9 Å². The molecule has 1 heterocycles. The third-order valence-electron chi connectivity index (χ3n) is 2.23. The Hall–Kier alpha value is -0.680. The molecule has 0 saturated heterocycles. The van der Waals surface area contributed by atoms with Gasteiger partial charge < -0.3 is 5.32 Å². The van der Waals surface area contributed by atoms with Gasteiger partial charge in [0.15, 0.2) is 0 Å². The molecule has 1 N–H and O–H groups in total. The van der Waals surface area contributed by atoms with Crippen molar-refractivity contribution in [3.05, 3.63) is 26.8 Å². The van der Waals surface area contributed by atoms with Crippen molar-refractivity contribution in [1.82, 2.24) is 14.9 Å². The van der Waals surface area contributed by atoms with E-state index in [0.29, 0.717) is 4.47 Å². The molecule has 0 aliphatic heterocycles. The summed E-state index contributed by atoms with van der Waals surface area (Å²) >= 11 is 3.24. The van der Waals surface area contributed by atoms with Gasteiger partial charge in [-0.2, -0.15) is 0 Å². The maximum Gasteiger partial charge on any atom is 0.267 e. The second-order valence-corrected chi connectivity index (χ2v) is 4.25. The van der Waals surface area contributed by atoms with Gasteiger partial charge in [-0.05, 0) is 49.3 Å². The summed E-state index contributed by atoms with van der Waals surface area (Å²) in [5.41, 5.74) is 0.749. The summed E-state index contributed by atoms with van der Waals surface area (Å²) in [6.07, 6.45) is 3.66. The zero-order valence-electron chi connectivity index (χ0n) is 9.09. The first kappa shape index (κ1) is 12.4. The van der Waals surface area contributed by atoms with Gasteiger partial charge in [-0.1, -0.05) is 0 Å². The summed E-state index contributed by atoms with van der Waals surface area (Å²) in [5.74, 6) is 0. The number of hydrogen-bond acceptors (Lipinski definition) is 3. The number of halogens is 1. The molecule has 0 aliphatic carbocycles. The van der Waals surface area contributed by atoms with E-state index < -0.39 is 0 Å². The largest absolute Gasteiger partial charge is 0.320 e. The number of hydrogen-bond donors (Lipinski definition) is 1. The average Bonchev–Trinajstić information content (AvgIpc) is 2.24. The lowest BCUT2D eigenvalue weighted by atomic mass is 10.3. The molecule has 1 aromatic rings. The van der Waals surface area contributed by atoms with Gasteiger partial charge in [-0.25, -0.2) is 4.98 Å². The van der Waals surface area contributed by atoms with Crippen LogP contribution in [0, 0.1) is 6.92 Å². The second kappa shape index (κ2) is 6.02. The molecule has 0 radical (unpaired) electrons.